The minimum absolute atomic E-state index is 0.116. The smallest absolute Gasteiger partial charge is 0.145 e. The first-order valence-corrected chi connectivity index (χ1v) is 5.46. The van der Waals surface area contributed by atoms with E-state index < -0.39 is 0 Å². The van der Waals surface area contributed by atoms with Crippen molar-refractivity contribution in [2.75, 3.05) is 5.73 Å². The number of carbonyl (C=O) groups is 1. The van der Waals surface area contributed by atoms with Gasteiger partial charge in [0.05, 0.1) is 5.41 Å². The van der Waals surface area contributed by atoms with Crippen molar-refractivity contribution in [3.05, 3.63) is 29.8 Å². The summed E-state index contributed by atoms with van der Waals surface area (Å²) in [7, 11) is 0. The fourth-order valence-electron chi connectivity index (χ4n) is 2.16. The van der Waals surface area contributed by atoms with Crippen LogP contribution in [0.2, 0.25) is 0 Å². The second-order valence-electron chi connectivity index (χ2n) is 4.72. The molecule has 0 amide bonds. The van der Waals surface area contributed by atoms with E-state index in [4.69, 9.17) is 5.73 Å². The van der Waals surface area contributed by atoms with Gasteiger partial charge in [-0.25, -0.2) is 0 Å². The zero-order chi connectivity index (χ0) is 11.1. The van der Waals surface area contributed by atoms with Crippen LogP contribution in [0, 0.1) is 5.92 Å². The molecule has 15 heavy (non-hydrogen) atoms. The summed E-state index contributed by atoms with van der Waals surface area (Å²) in [6.07, 6.45) is 1.99. The lowest BCUT2D eigenvalue weighted by atomic mass is 9.86. The van der Waals surface area contributed by atoms with Gasteiger partial charge in [-0.15, -0.1) is 0 Å². The standard InChI is InChI=1S/C13H17NO/c1-9(2)12(15)13(7-8-13)10-3-5-11(14)6-4-10/h3-6,9H,7-8,14H2,1-2H3. The Balaban J connectivity index is 2.30. The second-order valence-corrected chi connectivity index (χ2v) is 4.72. The van der Waals surface area contributed by atoms with Crippen molar-refractivity contribution in [2.24, 2.45) is 5.92 Å². The Kier molecular flexibility index (Phi) is 2.29. The van der Waals surface area contributed by atoms with Crippen molar-refractivity contribution in [3.8, 4) is 0 Å². The Bertz CT molecular complexity index is 374. The third-order valence-electron chi connectivity index (χ3n) is 3.21. The Morgan fingerprint density at radius 1 is 1.27 bits per heavy atom. The number of ketones is 1. The van der Waals surface area contributed by atoms with Crippen LogP contribution in [0.15, 0.2) is 24.3 Å². The highest BCUT2D eigenvalue weighted by molar-refractivity contribution is 5.94. The van der Waals surface area contributed by atoms with Crippen molar-refractivity contribution >= 4 is 11.5 Å². The van der Waals surface area contributed by atoms with Crippen molar-refractivity contribution in [3.63, 3.8) is 0 Å². The van der Waals surface area contributed by atoms with Gasteiger partial charge in [0.1, 0.15) is 5.78 Å². The molecule has 1 aromatic carbocycles. The lowest BCUT2D eigenvalue weighted by Crippen LogP contribution is -2.25. The third kappa shape index (κ3) is 1.65. The number of Topliss-reactive ketones (excluding diaryl/α,β-unsaturated/α-hetero) is 1. The maximum atomic E-state index is 12.1. The van der Waals surface area contributed by atoms with E-state index >= 15 is 0 Å². The Hall–Kier alpha value is -1.31. The first kappa shape index (κ1) is 10.2. The number of benzene rings is 1. The lowest BCUT2D eigenvalue weighted by molar-refractivity contribution is -0.124. The van der Waals surface area contributed by atoms with Gasteiger partial charge < -0.3 is 5.73 Å². The van der Waals surface area contributed by atoms with Crippen LogP contribution in [0.1, 0.15) is 32.3 Å². The highest BCUT2D eigenvalue weighted by Gasteiger charge is 2.51. The van der Waals surface area contributed by atoms with Gasteiger partial charge >= 0.3 is 0 Å². The molecule has 1 aliphatic carbocycles. The molecule has 2 nitrogen and oxygen atoms in total. The van der Waals surface area contributed by atoms with Gasteiger partial charge in [-0.3, -0.25) is 4.79 Å². The van der Waals surface area contributed by atoms with E-state index in [1.807, 2.05) is 38.1 Å². The first-order valence-electron chi connectivity index (χ1n) is 5.46. The van der Waals surface area contributed by atoms with E-state index in [-0.39, 0.29) is 11.3 Å². The predicted octanol–water partition coefficient (Wildman–Crippen LogP) is 2.53. The number of anilines is 1. The molecule has 0 bridgehead atoms. The van der Waals surface area contributed by atoms with E-state index in [0.29, 0.717) is 5.78 Å². The number of hydrogen-bond donors (Lipinski definition) is 1. The molecule has 1 aliphatic rings. The molecule has 0 atom stereocenters. The maximum Gasteiger partial charge on any atom is 0.145 e. The number of hydrogen-bond acceptors (Lipinski definition) is 2. The van der Waals surface area contributed by atoms with Crippen LogP contribution >= 0.6 is 0 Å². The van der Waals surface area contributed by atoms with E-state index in [2.05, 4.69) is 0 Å². The maximum absolute atomic E-state index is 12.1. The largest absolute Gasteiger partial charge is 0.399 e. The van der Waals surface area contributed by atoms with Crippen LogP contribution in [-0.2, 0) is 10.2 Å². The zero-order valence-corrected chi connectivity index (χ0v) is 9.29. The zero-order valence-electron chi connectivity index (χ0n) is 9.29. The van der Waals surface area contributed by atoms with Gasteiger partial charge in [-0.1, -0.05) is 26.0 Å². The van der Waals surface area contributed by atoms with Crippen molar-refractivity contribution < 1.29 is 4.79 Å². The highest BCUT2D eigenvalue weighted by atomic mass is 16.1. The summed E-state index contributed by atoms with van der Waals surface area (Å²) in [6, 6.07) is 7.73. The summed E-state index contributed by atoms with van der Waals surface area (Å²) in [5, 5.41) is 0. The quantitative estimate of drug-likeness (QED) is 0.767. The molecule has 0 aromatic heterocycles. The van der Waals surface area contributed by atoms with Crippen LogP contribution in [0.25, 0.3) is 0 Å². The molecule has 2 heteroatoms. The van der Waals surface area contributed by atoms with Gasteiger partial charge in [0.15, 0.2) is 0 Å². The number of nitrogen functional groups attached to an aromatic ring is 1. The van der Waals surface area contributed by atoms with Gasteiger partial charge in [0.25, 0.3) is 0 Å². The molecular formula is C13H17NO. The molecule has 2 rings (SSSR count). The fraction of sp³-hybridized carbons (Fsp3) is 0.462. The normalized spacial score (nSPS) is 17.8. The molecule has 2 N–H and O–H groups in total. The van der Waals surface area contributed by atoms with Crippen molar-refractivity contribution in [1.82, 2.24) is 0 Å². The van der Waals surface area contributed by atoms with Gasteiger partial charge in [-0.2, -0.15) is 0 Å². The third-order valence-corrected chi connectivity index (χ3v) is 3.21. The fourth-order valence-corrected chi connectivity index (χ4v) is 2.16. The molecule has 1 aromatic rings. The molecule has 1 fully saturated rings. The first-order chi connectivity index (χ1) is 7.06. The second kappa shape index (κ2) is 3.37. The molecule has 0 saturated heterocycles. The molecule has 0 heterocycles. The van der Waals surface area contributed by atoms with E-state index in [1.165, 1.54) is 0 Å². The lowest BCUT2D eigenvalue weighted by Gasteiger charge is -2.16. The Morgan fingerprint density at radius 3 is 2.20 bits per heavy atom. The highest BCUT2D eigenvalue weighted by Crippen LogP contribution is 2.50. The average molecular weight is 203 g/mol. The van der Waals surface area contributed by atoms with Crippen LogP contribution in [0.5, 0.6) is 0 Å². The van der Waals surface area contributed by atoms with E-state index in [0.717, 1.165) is 24.1 Å². The Morgan fingerprint density at radius 2 is 1.80 bits per heavy atom. The van der Waals surface area contributed by atoms with Crippen LogP contribution in [-0.4, -0.2) is 5.78 Å². The van der Waals surface area contributed by atoms with E-state index in [1.54, 1.807) is 0 Å². The summed E-state index contributed by atoms with van der Waals surface area (Å²) >= 11 is 0. The molecule has 0 radical (unpaired) electrons. The summed E-state index contributed by atoms with van der Waals surface area (Å²) in [5.41, 5.74) is 7.35. The van der Waals surface area contributed by atoms with Crippen LogP contribution in [0.4, 0.5) is 5.69 Å². The van der Waals surface area contributed by atoms with Crippen LogP contribution in [0.3, 0.4) is 0 Å². The number of nitrogens with two attached hydrogens (primary N) is 1. The minimum Gasteiger partial charge on any atom is -0.399 e. The predicted molar refractivity (Wildman–Crippen MR) is 61.6 cm³/mol. The topological polar surface area (TPSA) is 43.1 Å². The van der Waals surface area contributed by atoms with Crippen molar-refractivity contribution in [1.29, 1.82) is 0 Å². The molecular weight excluding hydrogens is 186 g/mol. The summed E-state index contributed by atoms with van der Waals surface area (Å²) in [5.74, 6) is 0.484. The van der Waals surface area contributed by atoms with Gasteiger partial charge in [0, 0.05) is 11.6 Å². The Labute approximate surface area is 90.5 Å². The molecule has 0 unspecified atom stereocenters. The van der Waals surface area contributed by atoms with Gasteiger partial charge in [-0.05, 0) is 30.5 Å². The average Bonchev–Trinajstić information content (AvgIpc) is 2.99. The summed E-state index contributed by atoms with van der Waals surface area (Å²) < 4.78 is 0. The number of carbonyl (C=O) groups excluding carboxylic acids is 1. The number of rotatable bonds is 3. The molecule has 80 valence electrons. The molecule has 1 saturated carbocycles. The van der Waals surface area contributed by atoms with Crippen molar-refractivity contribution in [2.45, 2.75) is 32.1 Å². The molecule has 0 spiro atoms. The van der Waals surface area contributed by atoms with Gasteiger partial charge in [0.2, 0.25) is 0 Å². The van der Waals surface area contributed by atoms with E-state index in [9.17, 15) is 4.79 Å². The summed E-state index contributed by atoms with van der Waals surface area (Å²) in [6.45, 7) is 3.94. The summed E-state index contributed by atoms with van der Waals surface area (Å²) in [4.78, 5) is 12.1. The minimum atomic E-state index is -0.179. The molecule has 0 aliphatic heterocycles. The SMILES string of the molecule is CC(C)C(=O)C1(c2ccc(N)cc2)CC1. The monoisotopic (exact) mass is 203 g/mol. The van der Waals surface area contributed by atoms with Crippen LogP contribution < -0.4 is 5.73 Å².